The zero-order valence-electron chi connectivity index (χ0n) is 7.57. The van der Waals surface area contributed by atoms with Crippen molar-refractivity contribution in [3.8, 4) is 0 Å². The summed E-state index contributed by atoms with van der Waals surface area (Å²) in [6.45, 7) is 12.5. The number of hydrogen-bond acceptors (Lipinski definition) is 0. The first kappa shape index (κ1) is 9.48. The molecule has 0 bridgehead atoms. The lowest BCUT2D eigenvalue weighted by atomic mass is 10.1. The lowest BCUT2D eigenvalue weighted by Crippen LogP contribution is -1.84. The quantitative estimate of drug-likeness (QED) is 0.523. The van der Waals surface area contributed by atoms with Crippen molar-refractivity contribution in [2.24, 2.45) is 5.92 Å². The zero-order valence-corrected chi connectivity index (χ0v) is 7.57. The topological polar surface area (TPSA) is 0 Å². The van der Waals surface area contributed by atoms with E-state index < -0.39 is 0 Å². The van der Waals surface area contributed by atoms with E-state index in [1.54, 1.807) is 0 Å². The first-order valence-corrected chi connectivity index (χ1v) is 3.84. The van der Waals surface area contributed by atoms with Crippen LogP contribution in [0.2, 0.25) is 0 Å². The molecule has 0 rings (SSSR count). The molecule has 0 aromatic rings. The molecule has 0 fully saturated rings. The Morgan fingerprint density at radius 2 is 1.90 bits per heavy atom. The van der Waals surface area contributed by atoms with Gasteiger partial charge in [0, 0.05) is 0 Å². The maximum atomic E-state index is 3.86. The van der Waals surface area contributed by atoms with Crippen molar-refractivity contribution in [3.63, 3.8) is 0 Å². The van der Waals surface area contributed by atoms with Gasteiger partial charge in [0.2, 0.25) is 0 Å². The van der Waals surface area contributed by atoms with Crippen molar-refractivity contribution in [2.45, 2.75) is 34.1 Å². The van der Waals surface area contributed by atoms with Crippen LogP contribution in [0.4, 0.5) is 0 Å². The highest BCUT2D eigenvalue weighted by molar-refractivity contribution is 5.09. The minimum Gasteiger partial charge on any atom is -0.0998 e. The number of allylic oxidation sites excluding steroid dienone is 3. The van der Waals surface area contributed by atoms with E-state index >= 15 is 0 Å². The van der Waals surface area contributed by atoms with Crippen LogP contribution >= 0.6 is 0 Å². The van der Waals surface area contributed by atoms with Crippen LogP contribution in [0.1, 0.15) is 34.1 Å². The third kappa shape index (κ3) is 5.61. The van der Waals surface area contributed by atoms with Crippen LogP contribution in [-0.2, 0) is 0 Å². The van der Waals surface area contributed by atoms with Gasteiger partial charge in [0.1, 0.15) is 0 Å². The fourth-order valence-corrected chi connectivity index (χ4v) is 1.10. The summed E-state index contributed by atoms with van der Waals surface area (Å²) in [6.07, 6.45) is 3.34. The summed E-state index contributed by atoms with van der Waals surface area (Å²) in [4.78, 5) is 0. The van der Waals surface area contributed by atoms with Gasteiger partial charge in [-0.3, -0.25) is 0 Å². The van der Waals surface area contributed by atoms with E-state index in [9.17, 15) is 0 Å². The molecule has 0 amide bonds. The highest BCUT2D eigenvalue weighted by Gasteiger charge is 1.91. The molecular weight excluding hydrogens is 120 g/mol. The summed E-state index contributed by atoms with van der Waals surface area (Å²) in [5.74, 6) is 0.666. The largest absolute Gasteiger partial charge is 0.0998 e. The van der Waals surface area contributed by atoms with Crippen molar-refractivity contribution in [2.75, 3.05) is 0 Å². The molecule has 0 aliphatic carbocycles. The Balaban J connectivity index is 3.82. The monoisotopic (exact) mass is 138 g/mol. The minimum absolute atomic E-state index is 0.666. The SMILES string of the molecule is C=C(C)CC(C)=CC(C)C. The van der Waals surface area contributed by atoms with E-state index in [1.807, 2.05) is 0 Å². The first-order valence-electron chi connectivity index (χ1n) is 3.84. The Morgan fingerprint density at radius 1 is 1.40 bits per heavy atom. The van der Waals surface area contributed by atoms with Gasteiger partial charge >= 0.3 is 0 Å². The average molecular weight is 138 g/mol. The Morgan fingerprint density at radius 3 is 2.20 bits per heavy atom. The van der Waals surface area contributed by atoms with Gasteiger partial charge in [-0.05, 0) is 26.2 Å². The molecule has 0 aromatic heterocycles. The molecule has 0 aromatic carbocycles. The van der Waals surface area contributed by atoms with E-state index in [1.165, 1.54) is 11.1 Å². The maximum absolute atomic E-state index is 3.86. The van der Waals surface area contributed by atoms with Gasteiger partial charge in [0.15, 0.2) is 0 Å². The van der Waals surface area contributed by atoms with Crippen molar-refractivity contribution in [1.29, 1.82) is 0 Å². The molecule has 0 spiro atoms. The molecule has 0 saturated heterocycles. The Bertz CT molecular complexity index is 138. The van der Waals surface area contributed by atoms with E-state index in [2.05, 4.69) is 40.3 Å². The summed E-state index contributed by atoms with van der Waals surface area (Å²) in [6, 6.07) is 0. The summed E-state index contributed by atoms with van der Waals surface area (Å²) in [5.41, 5.74) is 2.68. The van der Waals surface area contributed by atoms with Gasteiger partial charge in [-0.2, -0.15) is 0 Å². The fraction of sp³-hybridized carbons (Fsp3) is 0.600. The molecule has 10 heavy (non-hydrogen) atoms. The van der Waals surface area contributed by atoms with Gasteiger partial charge in [-0.25, -0.2) is 0 Å². The second kappa shape index (κ2) is 4.32. The van der Waals surface area contributed by atoms with E-state index in [0.717, 1.165) is 6.42 Å². The molecule has 0 heterocycles. The molecule has 0 aliphatic rings. The average Bonchev–Trinajstić information content (AvgIpc) is 1.58. The van der Waals surface area contributed by atoms with E-state index in [4.69, 9.17) is 0 Å². The summed E-state index contributed by atoms with van der Waals surface area (Å²) in [5, 5.41) is 0. The second-order valence-electron chi connectivity index (χ2n) is 3.39. The van der Waals surface area contributed by atoms with Gasteiger partial charge in [-0.15, -0.1) is 0 Å². The summed E-state index contributed by atoms with van der Waals surface area (Å²) in [7, 11) is 0. The van der Waals surface area contributed by atoms with E-state index in [0.29, 0.717) is 5.92 Å². The van der Waals surface area contributed by atoms with Gasteiger partial charge < -0.3 is 0 Å². The first-order chi connectivity index (χ1) is 4.52. The Labute approximate surface area is 64.6 Å². The lowest BCUT2D eigenvalue weighted by Gasteiger charge is -2.01. The smallest absolute Gasteiger partial charge is 0.0117 e. The number of hydrogen-bond donors (Lipinski definition) is 0. The summed E-state index contributed by atoms with van der Waals surface area (Å²) >= 11 is 0. The van der Waals surface area contributed by atoms with Gasteiger partial charge in [-0.1, -0.05) is 37.6 Å². The third-order valence-corrected chi connectivity index (χ3v) is 1.20. The van der Waals surface area contributed by atoms with Crippen molar-refractivity contribution >= 4 is 0 Å². The van der Waals surface area contributed by atoms with Crippen LogP contribution in [0.25, 0.3) is 0 Å². The lowest BCUT2D eigenvalue weighted by molar-refractivity contribution is 0.815. The molecule has 0 unspecified atom stereocenters. The molecule has 0 aliphatic heterocycles. The summed E-state index contributed by atoms with van der Waals surface area (Å²) < 4.78 is 0. The van der Waals surface area contributed by atoms with Crippen LogP contribution < -0.4 is 0 Å². The second-order valence-corrected chi connectivity index (χ2v) is 3.39. The third-order valence-electron chi connectivity index (χ3n) is 1.20. The van der Waals surface area contributed by atoms with Gasteiger partial charge in [0.05, 0.1) is 0 Å². The van der Waals surface area contributed by atoms with Crippen LogP contribution in [0.15, 0.2) is 23.8 Å². The molecule has 0 saturated carbocycles. The standard InChI is InChI=1S/C10H18/c1-8(2)6-10(5)7-9(3)4/h7,9H,1,6H2,2-5H3. The van der Waals surface area contributed by atoms with Crippen LogP contribution in [0.3, 0.4) is 0 Å². The van der Waals surface area contributed by atoms with Crippen LogP contribution in [-0.4, -0.2) is 0 Å². The fourth-order valence-electron chi connectivity index (χ4n) is 1.10. The highest BCUT2D eigenvalue weighted by atomic mass is 14.0. The van der Waals surface area contributed by atoms with Crippen molar-refractivity contribution in [3.05, 3.63) is 23.8 Å². The molecule has 0 radical (unpaired) electrons. The molecule has 0 nitrogen and oxygen atoms in total. The van der Waals surface area contributed by atoms with Crippen LogP contribution in [0.5, 0.6) is 0 Å². The predicted octanol–water partition coefficient (Wildman–Crippen LogP) is 3.55. The van der Waals surface area contributed by atoms with Crippen molar-refractivity contribution < 1.29 is 0 Å². The van der Waals surface area contributed by atoms with Crippen molar-refractivity contribution in [1.82, 2.24) is 0 Å². The molecular formula is C10H18. The van der Waals surface area contributed by atoms with E-state index in [-0.39, 0.29) is 0 Å². The van der Waals surface area contributed by atoms with Crippen LogP contribution in [0, 0.1) is 5.92 Å². The predicted molar refractivity (Wildman–Crippen MR) is 48.0 cm³/mol. The molecule has 0 heteroatoms. The highest BCUT2D eigenvalue weighted by Crippen LogP contribution is 2.10. The molecule has 0 N–H and O–H groups in total. The normalized spacial score (nSPS) is 12.3. The number of rotatable bonds is 3. The minimum atomic E-state index is 0.666. The Hall–Kier alpha value is -0.520. The molecule has 0 atom stereocenters. The Kier molecular flexibility index (Phi) is 4.10. The molecule has 58 valence electrons. The maximum Gasteiger partial charge on any atom is -0.0117 e. The zero-order chi connectivity index (χ0) is 8.15. The van der Waals surface area contributed by atoms with Gasteiger partial charge in [0.25, 0.3) is 0 Å².